The van der Waals surface area contributed by atoms with Crippen LogP contribution in [0.1, 0.15) is 5.56 Å². The number of piperazine rings is 1. The molecule has 1 amide bonds. The minimum atomic E-state index is -0.251. The Hall–Kier alpha value is -3.36. The van der Waals surface area contributed by atoms with Gasteiger partial charge in [0.25, 0.3) is 0 Å². The van der Waals surface area contributed by atoms with Gasteiger partial charge in [-0.05, 0) is 23.3 Å². The van der Waals surface area contributed by atoms with Crippen LogP contribution in [0.3, 0.4) is 0 Å². The van der Waals surface area contributed by atoms with Gasteiger partial charge in [0.2, 0.25) is 5.91 Å². The molecular weight excluding hydrogens is 437 g/mol. The molecule has 33 heavy (non-hydrogen) atoms. The number of carbonyl (C=O) groups is 1. The number of halogens is 1. The summed E-state index contributed by atoms with van der Waals surface area (Å²) < 4.78 is 13.4. The minimum absolute atomic E-state index is 0.0353. The third kappa shape index (κ3) is 4.86. The van der Waals surface area contributed by atoms with Crippen molar-refractivity contribution in [3.63, 3.8) is 0 Å². The van der Waals surface area contributed by atoms with Gasteiger partial charge in [0.1, 0.15) is 22.8 Å². The Morgan fingerprint density at radius 1 is 1.00 bits per heavy atom. The highest BCUT2D eigenvalue weighted by molar-refractivity contribution is 7.17. The molecule has 0 bridgehead atoms. The molecule has 0 unspecified atom stereocenters. The topological polar surface area (TPSA) is 61.4 Å². The van der Waals surface area contributed by atoms with Crippen LogP contribution < -0.4 is 10.2 Å². The number of amides is 1. The van der Waals surface area contributed by atoms with E-state index in [-0.39, 0.29) is 11.7 Å². The van der Waals surface area contributed by atoms with Crippen molar-refractivity contribution in [2.75, 3.05) is 37.6 Å². The molecule has 1 aliphatic heterocycles. The van der Waals surface area contributed by atoms with Gasteiger partial charge in [-0.2, -0.15) is 0 Å². The van der Waals surface area contributed by atoms with Crippen LogP contribution in [0.15, 0.2) is 66.3 Å². The number of benzene rings is 2. The fourth-order valence-electron chi connectivity index (χ4n) is 4.11. The first-order chi connectivity index (χ1) is 16.2. The van der Waals surface area contributed by atoms with Gasteiger partial charge in [-0.3, -0.25) is 9.69 Å². The van der Waals surface area contributed by atoms with Crippen molar-refractivity contribution in [3.8, 4) is 11.1 Å². The average molecular weight is 462 g/mol. The van der Waals surface area contributed by atoms with Gasteiger partial charge in [-0.15, -0.1) is 11.3 Å². The van der Waals surface area contributed by atoms with E-state index >= 15 is 0 Å². The van der Waals surface area contributed by atoms with Gasteiger partial charge in [0.05, 0.1) is 11.9 Å². The van der Waals surface area contributed by atoms with E-state index in [1.165, 1.54) is 12.1 Å². The van der Waals surface area contributed by atoms with Crippen molar-refractivity contribution in [1.82, 2.24) is 20.2 Å². The van der Waals surface area contributed by atoms with E-state index in [1.54, 1.807) is 29.8 Å². The van der Waals surface area contributed by atoms with Crippen molar-refractivity contribution in [2.45, 2.75) is 6.54 Å². The van der Waals surface area contributed by atoms with Crippen LogP contribution in [0, 0.1) is 5.82 Å². The Kier molecular flexibility index (Phi) is 6.28. The smallest absolute Gasteiger partial charge is 0.234 e. The van der Waals surface area contributed by atoms with Crippen molar-refractivity contribution in [1.29, 1.82) is 0 Å². The molecule has 0 saturated carbocycles. The number of anilines is 1. The Bertz CT molecular complexity index is 1240. The fourth-order valence-corrected chi connectivity index (χ4v) is 5.02. The summed E-state index contributed by atoms with van der Waals surface area (Å²) in [6.45, 7) is 4.04. The van der Waals surface area contributed by atoms with Crippen LogP contribution in [0.5, 0.6) is 0 Å². The number of thiophene rings is 1. The summed E-state index contributed by atoms with van der Waals surface area (Å²) in [4.78, 5) is 26.8. The number of nitrogens with one attached hydrogen (secondary N) is 1. The summed E-state index contributed by atoms with van der Waals surface area (Å²) in [6, 6.07) is 16.5. The molecule has 2 aromatic heterocycles. The monoisotopic (exact) mass is 461 g/mol. The maximum absolute atomic E-state index is 13.4. The molecule has 5 rings (SSSR count). The number of nitrogens with zero attached hydrogens (tertiary/aromatic N) is 4. The van der Waals surface area contributed by atoms with E-state index in [0.29, 0.717) is 13.1 Å². The highest BCUT2D eigenvalue weighted by Crippen LogP contribution is 2.38. The van der Waals surface area contributed by atoms with Crippen molar-refractivity contribution in [3.05, 3.63) is 77.7 Å². The van der Waals surface area contributed by atoms with Gasteiger partial charge in [0, 0.05) is 43.7 Å². The Labute approximate surface area is 195 Å². The van der Waals surface area contributed by atoms with E-state index < -0.39 is 0 Å². The lowest BCUT2D eigenvalue weighted by atomic mass is 10.1. The van der Waals surface area contributed by atoms with Gasteiger partial charge < -0.3 is 10.2 Å². The molecular formula is C25H24FN5OS. The lowest BCUT2D eigenvalue weighted by Gasteiger charge is -2.35. The number of fused-ring (bicyclic) bond motifs is 1. The molecule has 0 spiro atoms. The van der Waals surface area contributed by atoms with Crippen LogP contribution in [0.2, 0.25) is 0 Å². The zero-order valence-corrected chi connectivity index (χ0v) is 18.9. The molecule has 0 aliphatic carbocycles. The van der Waals surface area contributed by atoms with Crippen molar-refractivity contribution < 1.29 is 9.18 Å². The fraction of sp³-hybridized carbons (Fsp3) is 0.240. The normalized spacial score (nSPS) is 14.5. The van der Waals surface area contributed by atoms with Gasteiger partial charge >= 0.3 is 0 Å². The maximum atomic E-state index is 13.4. The second-order valence-electron chi connectivity index (χ2n) is 8.06. The summed E-state index contributed by atoms with van der Waals surface area (Å²) in [5.41, 5.74) is 3.07. The van der Waals surface area contributed by atoms with E-state index in [4.69, 9.17) is 0 Å². The molecule has 8 heteroatoms. The quantitative estimate of drug-likeness (QED) is 0.471. The summed E-state index contributed by atoms with van der Waals surface area (Å²) in [7, 11) is 0. The Morgan fingerprint density at radius 3 is 2.52 bits per heavy atom. The van der Waals surface area contributed by atoms with E-state index in [1.807, 2.05) is 30.3 Å². The number of hydrogen-bond acceptors (Lipinski definition) is 6. The molecule has 0 radical (unpaired) electrons. The maximum Gasteiger partial charge on any atom is 0.234 e. The number of hydrogen-bond donors (Lipinski definition) is 1. The predicted octanol–water partition coefficient (Wildman–Crippen LogP) is 3.94. The molecule has 1 saturated heterocycles. The molecule has 6 nitrogen and oxygen atoms in total. The average Bonchev–Trinajstić information content (AvgIpc) is 3.29. The Morgan fingerprint density at radius 2 is 1.76 bits per heavy atom. The van der Waals surface area contributed by atoms with E-state index in [0.717, 1.165) is 58.9 Å². The molecule has 1 aliphatic rings. The molecule has 0 atom stereocenters. The molecule has 3 heterocycles. The van der Waals surface area contributed by atoms with Gasteiger partial charge in [0.15, 0.2) is 0 Å². The van der Waals surface area contributed by atoms with Crippen molar-refractivity contribution >= 4 is 33.3 Å². The van der Waals surface area contributed by atoms with E-state index in [2.05, 4.69) is 30.5 Å². The molecule has 2 aromatic carbocycles. The lowest BCUT2D eigenvalue weighted by Crippen LogP contribution is -2.49. The first kappa shape index (κ1) is 21.5. The van der Waals surface area contributed by atoms with Crippen molar-refractivity contribution in [2.24, 2.45) is 0 Å². The third-order valence-electron chi connectivity index (χ3n) is 5.88. The summed E-state index contributed by atoms with van der Waals surface area (Å²) in [6.07, 6.45) is 1.60. The standard InChI is InChI=1S/C25H24FN5OS/c26-20-8-6-19(7-9-20)21-16-33-25-23(21)24(28-17-29-25)31-12-10-30(11-13-31)15-22(32)27-14-18-4-2-1-3-5-18/h1-9,16-17H,10-15H2,(H,27,32). The first-order valence-electron chi connectivity index (χ1n) is 10.9. The highest BCUT2D eigenvalue weighted by Gasteiger charge is 2.23. The van der Waals surface area contributed by atoms with Gasteiger partial charge in [-0.25, -0.2) is 14.4 Å². The molecule has 1 N–H and O–H groups in total. The van der Waals surface area contributed by atoms with E-state index in [9.17, 15) is 9.18 Å². The number of carbonyl (C=O) groups excluding carboxylic acids is 1. The first-order valence-corrected chi connectivity index (χ1v) is 11.8. The van der Waals surface area contributed by atoms with Gasteiger partial charge in [-0.1, -0.05) is 42.5 Å². The lowest BCUT2D eigenvalue weighted by molar-refractivity contribution is -0.122. The SMILES string of the molecule is O=C(CN1CCN(c2ncnc3scc(-c4ccc(F)cc4)c23)CC1)NCc1ccccc1. The molecule has 168 valence electrons. The minimum Gasteiger partial charge on any atom is -0.353 e. The summed E-state index contributed by atoms with van der Waals surface area (Å²) in [5.74, 6) is 0.681. The van der Waals surface area contributed by atoms with Crippen LogP contribution in [-0.4, -0.2) is 53.5 Å². The van der Waals surface area contributed by atoms with Crippen LogP contribution in [0.25, 0.3) is 21.3 Å². The zero-order valence-electron chi connectivity index (χ0n) is 18.1. The highest BCUT2D eigenvalue weighted by atomic mass is 32.1. The van der Waals surface area contributed by atoms with Crippen LogP contribution in [-0.2, 0) is 11.3 Å². The second-order valence-corrected chi connectivity index (χ2v) is 8.92. The number of rotatable bonds is 6. The summed E-state index contributed by atoms with van der Waals surface area (Å²) in [5, 5.41) is 6.06. The predicted molar refractivity (Wildman–Crippen MR) is 130 cm³/mol. The summed E-state index contributed by atoms with van der Waals surface area (Å²) >= 11 is 1.57. The Balaban J connectivity index is 1.24. The second kappa shape index (κ2) is 9.64. The van der Waals surface area contributed by atoms with Crippen LogP contribution >= 0.6 is 11.3 Å². The van der Waals surface area contributed by atoms with Crippen LogP contribution in [0.4, 0.5) is 10.2 Å². The zero-order chi connectivity index (χ0) is 22.6. The largest absolute Gasteiger partial charge is 0.353 e. The molecule has 4 aromatic rings. The molecule has 1 fully saturated rings. The number of aromatic nitrogens is 2. The third-order valence-corrected chi connectivity index (χ3v) is 6.76.